The Morgan fingerprint density at radius 3 is 0.757 bits per heavy atom. The number of hydrogen-bond acceptors (Lipinski definition) is 6. The summed E-state index contributed by atoms with van der Waals surface area (Å²) in [5.41, 5.74) is 0. The molecular formula is C31H62O6. The second-order valence-corrected chi connectivity index (χ2v) is 13.6. The summed E-state index contributed by atoms with van der Waals surface area (Å²) in [6, 6.07) is 0. The van der Waals surface area contributed by atoms with Crippen LogP contribution in [0.15, 0.2) is 0 Å². The highest BCUT2D eigenvalue weighted by Gasteiger charge is 2.45. The lowest BCUT2D eigenvalue weighted by Gasteiger charge is -2.22. The molecule has 0 bridgehead atoms. The number of hydrogen-bond donors (Lipinski definition) is 0. The normalized spacial score (nSPS) is 34.1. The topological polar surface area (TPSA) is 55.4 Å². The van der Waals surface area contributed by atoms with Gasteiger partial charge in [0, 0.05) is 0 Å². The molecule has 0 aromatic heterocycles. The van der Waals surface area contributed by atoms with Gasteiger partial charge in [0.1, 0.15) is 0 Å². The fourth-order valence-electron chi connectivity index (χ4n) is 5.30. The van der Waals surface area contributed by atoms with E-state index in [1.807, 2.05) is 41.5 Å². The van der Waals surface area contributed by atoms with E-state index in [0.717, 1.165) is 12.8 Å². The summed E-state index contributed by atoms with van der Waals surface area (Å²) in [7, 11) is 0. The average molecular weight is 531 g/mol. The van der Waals surface area contributed by atoms with Gasteiger partial charge < -0.3 is 28.4 Å². The maximum Gasteiger partial charge on any atom is 0.163 e. The average Bonchev–Trinajstić information content (AvgIpc) is 3.38. The minimum atomic E-state index is -0.399. The fraction of sp³-hybridized carbons (Fsp3) is 1.00. The van der Waals surface area contributed by atoms with Gasteiger partial charge in [0.05, 0.1) is 36.6 Å². The maximum absolute atomic E-state index is 5.86. The van der Waals surface area contributed by atoms with Gasteiger partial charge in [-0.15, -0.1) is 0 Å². The van der Waals surface area contributed by atoms with Crippen LogP contribution in [-0.4, -0.2) is 54.0 Å². The summed E-state index contributed by atoms with van der Waals surface area (Å²) in [4.78, 5) is 0. The molecule has 0 radical (unpaired) electrons. The van der Waals surface area contributed by atoms with Crippen LogP contribution in [0, 0.1) is 23.7 Å². The van der Waals surface area contributed by atoms with Gasteiger partial charge in [0.2, 0.25) is 0 Å². The van der Waals surface area contributed by atoms with Crippen LogP contribution in [0.1, 0.15) is 124 Å². The van der Waals surface area contributed by atoms with E-state index in [-0.39, 0.29) is 30.2 Å². The summed E-state index contributed by atoms with van der Waals surface area (Å²) in [6.07, 6.45) is 3.67. The lowest BCUT2D eigenvalue weighted by Crippen LogP contribution is -2.31. The van der Waals surface area contributed by atoms with Crippen molar-refractivity contribution in [3.8, 4) is 0 Å². The van der Waals surface area contributed by atoms with Crippen molar-refractivity contribution < 1.29 is 28.4 Å². The van der Waals surface area contributed by atoms with E-state index in [9.17, 15) is 0 Å². The van der Waals surface area contributed by atoms with Crippen LogP contribution in [-0.2, 0) is 28.4 Å². The van der Waals surface area contributed by atoms with Gasteiger partial charge >= 0.3 is 0 Å². The maximum atomic E-state index is 5.86. The molecular weight excluding hydrogens is 468 g/mol. The Morgan fingerprint density at radius 1 is 0.405 bits per heavy atom. The third-order valence-electron chi connectivity index (χ3n) is 7.05. The molecule has 0 amide bonds. The zero-order valence-electron chi connectivity index (χ0n) is 27.1. The molecule has 0 spiro atoms. The van der Waals surface area contributed by atoms with Crippen LogP contribution in [0.2, 0.25) is 0 Å². The Labute approximate surface area is 229 Å². The van der Waals surface area contributed by atoms with E-state index in [1.54, 1.807) is 0 Å². The predicted octanol–water partition coefficient (Wildman–Crippen LogP) is 7.96. The first-order valence-corrected chi connectivity index (χ1v) is 14.8. The predicted molar refractivity (Wildman–Crippen MR) is 151 cm³/mol. The Kier molecular flexibility index (Phi) is 13.1. The molecule has 6 nitrogen and oxygen atoms in total. The van der Waals surface area contributed by atoms with E-state index < -0.39 is 11.6 Å². The van der Waals surface area contributed by atoms with Crippen molar-refractivity contribution >= 4 is 0 Å². The third-order valence-corrected chi connectivity index (χ3v) is 7.05. The molecule has 6 atom stereocenters. The molecule has 3 aliphatic rings. The van der Waals surface area contributed by atoms with Gasteiger partial charge in [-0.1, -0.05) is 69.2 Å². The molecule has 0 aromatic rings. The van der Waals surface area contributed by atoms with Crippen molar-refractivity contribution in [2.24, 2.45) is 23.7 Å². The lowest BCUT2D eigenvalue weighted by molar-refractivity contribution is -0.152. The molecule has 3 saturated heterocycles. The van der Waals surface area contributed by atoms with Crippen molar-refractivity contribution in [3.05, 3.63) is 0 Å². The molecule has 3 rings (SSSR count). The van der Waals surface area contributed by atoms with Crippen molar-refractivity contribution in [1.29, 1.82) is 0 Å². The molecule has 0 unspecified atom stereocenters. The monoisotopic (exact) mass is 530 g/mol. The van der Waals surface area contributed by atoms with Crippen molar-refractivity contribution in [2.75, 3.05) is 0 Å². The summed E-state index contributed by atoms with van der Waals surface area (Å²) in [6.45, 7) is 33.7. The Morgan fingerprint density at radius 2 is 0.595 bits per heavy atom. The molecule has 0 N–H and O–H groups in total. The molecule has 0 aliphatic carbocycles. The van der Waals surface area contributed by atoms with Crippen LogP contribution < -0.4 is 0 Å². The first kappa shape index (κ1) is 34.8. The van der Waals surface area contributed by atoms with Crippen molar-refractivity contribution in [3.63, 3.8) is 0 Å². The Balaban J connectivity index is 0.000000279. The van der Waals surface area contributed by atoms with Gasteiger partial charge in [0.25, 0.3) is 0 Å². The van der Waals surface area contributed by atoms with E-state index >= 15 is 0 Å². The van der Waals surface area contributed by atoms with Gasteiger partial charge in [0.15, 0.2) is 17.4 Å². The summed E-state index contributed by atoms with van der Waals surface area (Å²) >= 11 is 0. The largest absolute Gasteiger partial charge is 0.345 e. The van der Waals surface area contributed by atoms with E-state index in [4.69, 9.17) is 28.4 Å². The lowest BCUT2D eigenvalue weighted by atomic mass is 9.94. The van der Waals surface area contributed by atoms with E-state index in [0.29, 0.717) is 35.9 Å². The van der Waals surface area contributed by atoms with Crippen molar-refractivity contribution in [1.82, 2.24) is 0 Å². The zero-order chi connectivity index (χ0) is 28.9. The quantitative estimate of drug-likeness (QED) is 0.347. The van der Waals surface area contributed by atoms with Crippen LogP contribution in [0.4, 0.5) is 0 Å². The van der Waals surface area contributed by atoms with Crippen LogP contribution in [0.3, 0.4) is 0 Å². The van der Waals surface area contributed by atoms with Gasteiger partial charge in [-0.2, -0.15) is 0 Å². The second-order valence-electron chi connectivity index (χ2n) is 13.6. The highest BCUT2D eigenvalue weighted by Crippen LogP contribution is 2.36. The molecule has 37 heavy (non-hydrogen) atoms. The first-order chi connectivity index (χ1) is 16.8. The standard InChI is InChI=1S/2C11H22O2.C9H18O2/c2*1-7(2)9-10(8(3)4)13-11(5,6)12-9;1-5-7-8(6-2)11-9(3,4)10-7/h2*7-10H,1-6H3;7-8H,5-6H2,1-4H3/t2*9-,10-;7-,8-/m110/s1. The van der Waals surface area contributed by atoms with E-state index in [2.05, 4.69) is 69.2 Å². The molecule has 222 valence electrons. The molecule has 3 fully saturated rings. The number of ether oxygens (including phenoxy) is 6. The van der Waals surface area contributed by atoms with Gasteiger partial charge in [-0.05, 0) is 78.1 Å². The highest BCUT2D eigenvalue weighted by molar-refractivity contribution is 4.86. The molecule has 3 aliphatic heterocycles. The highest BCUT2D eigenvalue weighted by atomic mass is 16.8. The Bertz CT molecular complexity index is 564. The van der Waals surface area contributed by atoms with Crippen LogP contribution in [0.5, 0.6) is 0 Å². The molecule has 0 saturated carbocycles. The first-order valence-electron chi connectivity index (χ1n) is 14.8. The fourth-order valence-corrected chi connectivity index (χ4v) is 5.30. The molecule has 6 heteroatoms. The van der Waals surface area contributed by atoms with Crippen LogP contribution >= 0.6 is 0 Å². The minimum Gasteiger partial charge on any atom is -0.345 e. The molecule has 0 aromatic carbocycles. The van der Waals surface area contributed by atoms with Gasteiger partial charge in [-0.3, -0.25) is 0 Å². The summed E-state index contributed by atoms with van der Waals surface area (Å²) < 4.78 is 34.8. The summed E-state index contributed by atoms with van der Waals surface area (Å²) in [5, 5.41) is 0. The molecule has 3 heterocycles. The minimum absolute atomic E-state index is 0.245. The summed E-state index contributed by atoms with van der Waals surface area (Å²) in [5.74, 6) is 0.932. The number of rotatable bonds is 6. The Hall–Kier alpha value is -0.240. The third kappa shape index (κ3) is 10.7. The van der Waals surface area contributed by atoms with Crippen LogP contribution in [0.25, 0.3) is 0 Å². The van der Waals surface area contributed by atoms with Gasteiger partial charge in [-0.25, -0.2) is 0 Å². The second kappa shape index (κ2) is 13.9. The zero-order valence-corrected chi connectivity index (χ0v) is 27.1. The van der Waals surface area contributed by atoms with Crippen molar-refractivity contribution in [2.45, 2.75) is 178 Å². The smallest absolute Gasteiger partial charge is 0.163 e. The van der Waals surface area contributed by atoms with E-state index in [1.165, 1.54) is 0 Å². The SMILES string of the molecule is CC(C)[C@H]1OC(C)(C)O[C@@H]1C(C)C.CC(C)[C@H]1OC(C)(C)O[C@@H]1C(C)C.CC[C@@H]1OC(C)(C)O[C@H]1CC.